The van der Waals surface area contributed by atoms with Gasteiger partial charge in [-0.1, -0.05) is 79.2 Å². The van der Waals surface area contributed by atoms with Gasteiger partial charge in [0.05, 0.1) is 21.5 Å². The monoisotopic (exact) mass is 438 g/mol. The molecule has 0 radical (unpaired) electrons. The molecule has 28 heavy (non-hydrogen) atoms. The largest absolute Gasteiger partial charge is 0.323 e. The van der Waals surface area contributed by atoms with E-state index in [0.29, 0.717) is 28.2 Å². The normalized spacial score (nSPS) is 14.8. The number of para-hydroxylation sites is 1. The first-order chi connectivity index (χ1) is 13.6. The Morgan fingerprint density at radius 2 is 1.96 bits per heavy atom. The fourth-order valence-electron chi connectivity index (χ4n) is 3.46. The number of halogens is 2. The van der Waals surface area contributed by atoms with Crippen molar-refractivity contribution in [2.24, 2.45) is 5.92 Å². The van der Waals surface area contributed by atoms with E-state index < -0.39 is 0 Å². The van der Waals surface area contributed by atoms with Gasteiger partial charge in [0.2, 0.25) is 5.91 Å². The number of nitrogens with one attached hydrogen (secondary N) is 1. The van der Waals surface area contributed by atoms with Crippen LogP contribution in [0.15, 0.2) is 36.0 Å². The van der Waals surface area contributed by atoms with E-state index >= 15 is 0 Å². The molecule has 1 saturated carbocycles. The number of carbonyl (C=O) groups excluding carboxylic acids is 1. The summed E-state index contributed by atoms with van der Waals surface area (Å²) in [5.74, 6) is 1.65. The zero-order valence-corrected chi connectivity index (χ0v) is 18.0. The van der Waals surface area contributed by atoms with Crippen molar-refractivity contribution in [1.29, 1.82) is 0 Å². The van der Waals surface area contributed by atoms with Crippen molar-refractivity contribution in [3.8, 4) is 0 Å². The van der Waals surface area contributed by atoms with Gasteiger partial charge >= 0.3 is 0 Å². The van der Waals surface area contributed by atoms with Crippen LogP contribution in [0.4, 0.5) is 5.69 Å². The smallest absolute Gasteiger partial charge is 0.234 e. The maximum Gasteiger partial charge on any atom is 0.234 e. The third kappa shape index (κ3) is 5.52. The molecule has 150 valence electrons. The van der Waals surface area contributed by atoms with Crippen LogP contribution in [0, 0.1) is 5.92 Å². The van der Waals surface area contributed by atoms with Gasteiger partial charge in [0, 0.05) is 13.0 Å². The predicted octanol–water partition coefficient (Wildman–Crippen LogP) is 5.62. The van der Waals surface area contributed by atoms with Gasteiger partial charge in [-0.15, -0.1) is 16.8 Å². The van der Waals surface area contributed by atoms with E-state index in [0.717, 1.165) is 17.4 Å². The fraction of sp³-hybridized carbons (Fsp3) is 0.450. The van der Waals surface area contributed by atoms with E-state index in [1.165, 1.54) is 43.9 Å². The van der Waals surface area contributed by atoms with Crippen LogP contribution in [0.5, 0.6) is 0 Å². The highest BCUT2D eigenvalue weighted by Gasteiger charge is 2.20. The predicted molar refractivity (Wildman–Crippen MR) is 116 cm³/mol. The van der Waals surface area contributed by atoms with Gasteiger partial charge < -0.3 is 9.88 Å². The van der Waals surface area contributed by atoms with E-state index in [1.807, 2.05) is 6.08 Å². The zero-order chi connectivity index (χ0) is 19.9. The molecule has 1 aromatic heterocycles. The lowest BCUT2D eigenvalue weighted by Gasteiger charge is -2.21. The molecule has 0 saturated heterocycles. The molecule has 1 amide bonds. The first-order valence-corrected chi connectivity index (χ1v) is 11.2. The van der Waals surface area contributed by atoms with Crippen LogP contribution < -0.4 is 5.32 Å². The van der Waals surface area contributed by atoms with Gasteiger partial charge in [0.15, 0.2) is 5.16 Å². The molecule has 3 rings (SSSR count). The number of rotatable bonds is 8. The highest BCUT2D eigenvalue weighted by Crippen LogP contribution is 2.30. The number of hydrogen-bond acceptors (Lipinski definition) is 4. The number of aromatic nitrogens is 3. The van der Waals surface area contributed by atoms with Crippen LogP contribution in [-0.2, 0) is 17.8 Å². The summed E-state index contributed by atoms with van der Waals surface area (Å²) in [6, 6.07) is 5.11. The molecule has 1 aromatic carbocycles. The Balaban J connectivity index is 1.63. The number of nitrogens with zero attached hydrogens (tertiary/aromatic N) is 3. The molecule has 5 nitrogen and oxygen atoms in total. The zero-order valence-electron chi connectivity index (χ0n) is 15.7. The maximum atomic E-state index is 12.4. The van der Waals surface area contributed by atoms with Gasteiger partial charge in [-0.05, 0) is 18.1 Å². The second-order valence-corrected chi connectivity index (χ2v) is 8.70. The Labute approximate surface area is 179 Å². The minimum Gasteiger partial charge on any atom is -0.323 e. The van der Waals surface area contributed by atoms with Crippen LogP contribution in [0.1, 0.15) is 37.9 Å². The summed E-state index contributed by atoms with van der Waals surface area (Å²) in [5, 5.41) is 13.0. The Bertz CT molecular complexity index is 813. The van der Waals surface area contributed by atoms with Crippen molar-refractivity contribution in [3.05, 3.63) is 46.7 Å². The number of carbonyl (C=O) groups is 1. The summed E-state index contributed by atoms with van der Waals surface area (Å²) in [4.78, 5) is 12.4. The molecule has 1 aliphatic carbocycles. The lowest BCUT2D eigenvalue weighted by molar-refractivity contribution is -0.113. The number of anilines is 1. The van der Waals surface area contributed by atoms with Gasteiger partial charge in [-0.3, -0.25) is 4.79 Å². The Kier molecular flexibility index (Phi) is 7.82. The number of amides is 1. The molecule has 0 bridgehead atoms. The first kappa shape index (κ1) is 21.2. The quantitative estimate of drug-likeness (QED) is 0.428. The van der Waals surface area contributed by atoms with E-state index in [2.05, 4.69) is 26.7 Å². The standard InChI is InChI=1S/C20H24Cl2N4OS/c1-2-11-26-17(12-14-7-4-3-5-8-14)24-25-20(26)28-13-18(27)23-19-15(21)9-6-10-16(19)22/h2,6,9-10,14H,1,3-5,7-8,11-13H2,(H,23,27). The van der Waals surface area contributed by atoms with Crippen LogP contribution in [0.2, 0.25) is 10.0 Å². The molecule has 0 unspecified atom stereocenters. The maximum absolute atomic E-state index is 12.4. The lowest BCUT2D eigenvalue weighted by Crippen LogP contribution is -2.16. The molecule has 2 aromatic rings. The summed E-state index contributed by atoms with van der Waals surface area (Å²) in [6.45, 7) is 4.48. The van der Waals surface area contributed by atoms with Crippen molar-refractivity contribution < 1.29 is 4.79 Å². The van der Waals surface area contributed by atoms with Crippen LogP contribution in [0.3, 0.4) is 0 Å². The fourth-order valence-corrected chi connectivity index (χ4v) is 4.72. The third-order valence-electron chi connectivity index (χ3n) is 4.86. The number of thioether (sulfide) groups is 1. The van der Waals surface area contributed by atoms with E-state index in [1.54, 1.807) is 18.2 Å². The molecular formula is C20H24Cl2N4OS. The van der Waals surface area contributed by atoms with Crippen molar-refractivity contribution in [1.82, 2.24) is 14.8 Å². The van der Waals surface area contributed by atoms with Crippen LogP contribution >= 0.6 is 35.0 Å². The minimum atomic E-state index is -0.193. The molecule has 0 atom stereocenters. The topological polar surface area (TPSA) is 59.8 Å². The average Bonchev–Trinajstić information content (AvgIpc) is 3.06. The number of allylic oxidation sites excluding steroid dienone is 1. The second kappa shape index (κ2) is 10.3. The number of benzene rings is 1. The summed E-state index contributed by atoms with van der Waals surface area (Å²) >= 11 is 13.6. The van der Waals surface area contributed by atoms with E-state index in [-0.39, 0.29) is 11.7 Å². The van der Waals surface area contributed by atoms with Crippen LogP contribution in [-0.4, -0.2) is 26.4 Å². The molecule has 1 aliphatic rings. The summed E-state index contributed by atoms with van der Waals surface area (Å²) in [7, 11) is 0. The van der Waals surface area contributed by atoms with Gasteiger partial charge in [-0.2, -0.15) is 0 Å². The summed E-state index contributed by atoms with van der Waals surface area (Å²) in [6.07, 6.45) is 9.21. The van der Waals surface area contributed by atoms with Crippen molar-refractivity contribution >= 4 is 46.6 Å². The number of hydrogen-bond donors (Lipinski definition) is 1. The van der Waals surface area contributed by atoms with Gasteiger partial charge in [-0.25, -0.2) is 0 Å². The highest BCUT2D eigenvalue weighted by atomic mass is 35.5. The molecule has 0 aliphatic heterocycles. The Morgan fingerprint density at radius 3 is 2.64 bits per heavy atom. The summed E-state index contributed by atoms with van der Waals surface area (Å²) in [5.41, 5.74) is 0.432. The minimum absolute atomic E-state index is 0.193. The molecule has 8 heteroatoms. The van der Waals surface area contributed by atoms with Crippen molar-refractivity contribution in [2.45, 2.75) is 50.2 Å². The Morgan fingerprint density at radius 1 is 1.25 bits per heavy atom. The van der Waals surface area contributed by atoms with E-state index in [4.69, 9.17) is 23.2 Å². The van der Waals surface area contributed by atoms with E-state index in [9.17, 15) is 4.79 Å². The second-order valence-electron chi connectivity index (χ2n) is 6.94. The first-order valence-electron chi connectivity index (χ1n) is 9.48. The highest BCUT2D eigenvalue weighted by molar-refractivity contribution is 7.99. The van der Waals surface area contributed by atoms with Crippen molar-refractivity contribution in [2.75, 3.05) is 11.1 Å². The van der Waals surface area contributed by atoms with Crippen molar-refractivity contribution in [3.63, 3.8) is 0 Å². The van der Waals surface area contributed by atoms with Gasteiger partial charge in [0.1, 0.15) is 5.82 Å². The van der Waals surface area contributed by atoms with Gasteiger partial charge in [0.25, 0.3) is 0 Å². The molecular weight excluding hydrogens is 415 g/mol. The SMILES string of the molecule is C=CCn1c(CC2CCCCC2)nnc1SCC(=O)Nc1c(Cl)cccc1Cl. The Hall–Kier alpha value is -1.50. The molecule has 1 N–H and O–H groups in total. The lowest BCUT2D eigenvalue weighted by atomic mass is 9.87. The molecule has 0 spiro atoms. The van der Waals surface area contributed by atoms with Crippen LogP contribution in [0.25, 0.3) is 0 Å². The third-order valence-corrected chi connectivity index (χ3v) is 6.46. The summed E-state index contributed by atoms with van der Waals surface area (Å²) < 4.78 is 2.06. The average molecular weight is 439 g/mol. The molecule has 1 heterocycles. The molecule has 1 fully saturated rings.